The van der Waals surface area contributed by atoms with Crippen molar-refractivity contribution in [2.24, 2.45) is 0 Å². The Balaban J connectivity index is 2.81. The Kier molecular flexibility index (Phi) is 5.06. The Morgan fingerprint density at radius 2 is 2.12 bits per heavy atom. The summed E-state index contributed by atoms with van der Waals surface area (Å²) in [6.45, 7) is 6.28. The second-order valence-electron chi connectivity index (χ2n) is 4.44. The summed E-state index contributed by atoms with van der Waals surface area (Å²) in [5.74, 6) is 3.60. The van der Waals surface area contributed by atoms with Gasteiger partial charge in [-0.05, 0) is 32.4 Å². The van der Waals surface area contributed by atoms with Crippen LogP contribution in [-0.2, 0) is 0 Å². The van der Waals surface area contributed by atoms with Crippen molar-refractivity contribution in [1.82, 2.24) is 5.32 Å². The standard InChI is InChI=1S/C15H21NO/c1-6-7-12(3)16-13(4)14-9-8-11(2)10-15(14)17-5/h1,8-10,12-13,16H,7H2,2-5H3. The van der Waals surface area contributed by atoms with Crippen molar-refractivity contribution in [3.63, 3.8) is 0 Å². The molecule has 0 aliphatic carbocycles. The Morgan fingerprint density at radius 1 is 1.41 bits per heavy atom. The summed E-state index contributed by atoms with van der Waals surface area (Å²) in [6.07, 6.45) is 6.04. The van der Waals surface area contributed by atoms with Gasteiger partial charge < -0.3 is 10.1 Å². The molecule has 17 heavy (non-hydrogen) atoms. The van der Waals surface area contributed by atoms with Crippen molar-refractivity contribution in [3.05, 3.63) is 29.3 Å². The Bertz CT molecular complexity index is 406. The highest BCUT2D eigenvalue weighted by Crippen LogP contribution is 2.26. The molecule has 2 unspecified atom stereocenters. The molecule has 0 aliphatic heterocycles. The lowest BCUT2D eigenvalue weighted by atomic mass is 10.0. The zero-order valence-electron chi connectivity index (χ0n) is 11.1. The van der Waals surface area contributed by atoms with E-state index in [1.807, 2.05) is 0 Å². The van der Waals surface area contributed by atoms with Gasteiger partial charge >= 0.3 is 0 Å². The maximum Gasteiger partial charge on any atom is 0.123 e. The lowest BCUT2D eigenvalue weighted by molar-refractivity contribution is 0.396. The minimum absolute atomic E-state index is 0.230. The van der Waals surface area contributed by atoms with Crippen LogP contribution in [-0.4, -0.2) is 13.2 Å². The van der Waals surface area contributed by atoms with Crippen LogP contribution < -0.4 is 10.1 Å². The van der Waals surface area contributed by atoms with Crippen LogP contribution in [0, 0.1) is 19.3 Å². The first-order chi connectivity index (χ1) is 8.08. The summed E-state index contributed by atoms with van der Waals surface area (Å²) in [7, 11) is 1.70. The fraction of sp³-hybridized carbons (Fsp3) is 0.467. The Morgan fingerprint density at radius 3 is 2.71 bits per heavy atom. The predicted molar refractivity (Wildman–Crippen MR) is 72.2 cm³/mol. The third-order valence-corrected chi connectivity index (χ3v) is 2.81. The van der Waals surface area contributed by atoms with Gasteiger partial charge in [-0.1, -0.05) is 12.1 Å². The first-order valence-corrected chi connectivity index (χ1v) is 5.92. The van der Waals surface area contributed by atoms with Crippen molar-refractivity contribution in [1.29, 1.82) is 0 Å². The molecule has 0 fully saturated rings. The summed E-state index contributed by atoms with van der Waals surface area (Å²) in [4.78, 5) is 0. The van der Waals surface area contributed by atoms with Gasteiger partial charge in [-0.3, -0.25) is 0 Å². The minimum Gasteiger partial charge on any atom is -0.496 e. The molecule has 0 amide bonds. The number of nitrogens with one attached hydrogen (secondary N) is 1. The molecule has 1 rings (SSSR count). The van der Waals surface area contributed by atoms with Crippen molar-refractivity contribution in [3.8, 4) is 18.1 Å². The largest absolute Gasteiger partial charge is 0.496 e. The summed E-state index contributed by atoms with van der Waals surface area (Å²) < 4.78 is 5.41. The van der Waals surface area contributed by atoms with Gasteiger partial charge in [0.15, 0.2) is 0 Å². The molecule has 0 radical (unpaired) electrons. The Labute approximate surface area is 104 Å². The van der Waals surface area contributed by atoms with Crippen molar-refractivity contribution in [2.75, 3.05) is 7.11 Å². The third-order valence-electron chi connectivity index (χ3n) is 2.81. The summed E-state index contributed by atoms with van der Waals surface area (Å²) in [5.41, 5.74) is 2.37. The Hall–Kier alpha value is -1.46. The van der Waals surface area contributed by atoms with E-state index in [1.54, 1.807) is 7.11 Å². The molecule has 0 bridgehead atoms. The third kappa shape index (κ3) is 3.80. The molecule has 0 spiro atoms. The summed E-state index contributed by atoms with van der Waals surface area (Å²) in [6, 6.07) is 6.80. The van der Waals surface area contributed by atoms with E-state index in [0.717, 1.165) is 12.2 Å². The smallest absolute Gasteiger partial charge is 0.123 e. The second-order valence-corrected chi connectivity index (χ2v) is 4.44. The maximum atomic E-state index is 5.41. The van der Waals surface area contributed by atoms with Crippen LogP contribution in [0.5, 0.6) is 5.75 Å². The number of methoxy groups -OCH3 is 1. The second kappa shape index (κ2) is 6.32. The molecule has 1 aromatic rings. The number of rotatable bonds is 5. The molecule has 0 saturated carbocycles. The number of aryl methyl sites for hydroxylation is 1. The van der Waals surface area contributed by atoms with Crippen LogP contribution in [0.3, 0.4) is 0 Å². The fourth-order valence-electron chi connectivity index (χ4n) is 1.93. The SMILES string of the molecule is C#CCC(C)NC(C)c1ccc(C)cc1OC. The molecule has 0 saturated heterocycles. The van der Waals surface area contributed by atoms with E-state index in [-0.39, 0.29) is 6.04 Å². The van der Waals surface area contributed by atoms with Gasteiger partial charge in [0.1, 0.15) is 5.75 Å². The van der Waals surface area contributed by atoms with E-state index in [2.05, 4.69) is 50.2 Å². The van der Waals surface area contributed by atoms with Crippen LogP contribution in [0.15, 0.2) is 18.2 Å². The molecule has 2 heteroatoms. The minimum atomic E-state index is 0.230. The molecule has 1 aromatic carbocycles. The molecule has 0 aliphatic rings. The van der Waals surface area contributed by atoms with E-state index in [0.29, 0.717) is 6.04 Å². The van der Waals surface area contributed by atoms with Crippen LogP contribution in [0.4, 0.5) is 0 Å². The lowest BCUT2D eigenvalue weighted by Gasteiger charge is -2.21. The van der Waals surface area contributed by atoms with E-state index < -0.39 is 0 Å². The van der Waals surface area contributed by atoms with Gasteiger partial charge in [0, 0.05) is 24.1 Å². The van der Waals surface area contributed by atoms with Gasteiger partial charge in [-0.2, -0.15) is 0 Å². The van der Waals surface area contributed by atoms with Gasteiger partial charge in [0.2, 0.25) is 0 Å². The fourth-order valence-corrected chi connectivity index (χ4v) is 1.93. The molecule has 0 heterocycles. The highest BCUT2D eigenvalue weighted by atomic mass is 16.5. The van der Waals surface area contributed by atoms with Crippen LogP contribution >= 0.6 is 0 Å². The zero-order valence-corrected chi connectivity index (χ0v) is 11.1. The molecular formula is C15H21NO. The monoisotopic (exact) mass is 231 g/mol. The lowest BCUT2D eigenvalue weighted by Crippen LogP contribution is -2.28. The summed E-state index contributed by atoms with van der Waals surface area (Å²) >= 11 is 0. The quantitative estimate of drug-likeness (QED) is 0.786. The van der Waals surface area contributed by atoms with Crippen molar-refractivity contribution >= 4 is 0 Å². The maximum absolute atomic E-state index is 5.41. The topological polar surface area (TPSA) is 21.3 Å². The molecule has 2 atom stereocenters. The van der Waals surface area contributed by atoms with Gasteiger partial charge in [0.25, 0.3) is 0 Å². The zero-order chi connectivity index (χ0) is 12.8. The van der Waals surface area contributed by atoms with E-state index in [4.69, 9.17) is 11.2 Å². The normalized spacial score (nSPS) is 13.8. The average molecular weight is 231 g/mol. The van der Waals surface area contributed by atoms with Gasteiger partial charge in [0.05, 0.1) is 7.11 Å². The van der Waals surface area contributed by atoms with E-state index in [1.165, 1.54) is 11.1 Å². The van der Waals surface area contributed by atoms with Crippen molar-refractivity contribution < 1.29 is 4.74 Å². The number of ether oxygens (including phenoxy) is 1. The van der Waals surface area contributed by atoms with Crippen LogP contribution in [0.25, 0.3) is 0 Å². The van der Waals surface area contributed by atoms with Gasteiger partial charge in [-0.15, -0.1) is 12.3 Å². The number of benzene rings is 1. The van der Waals surface area contributed by atoms with E-state index in [9.17, 15) is 0 Å². The van der Waals surface area contributed by atoms with Gasteiger partial charge in [-0.25, -0.2) is 0 Å². The molecular weight excluding hydrogens is 210 g/mol. The molecule has 2 nitrogen and oxygen atoms in total. The molecule has 92 valence electrons. The first-order valence-electron chi connectivity index (χ1n) is 5.92. The number of hydrogen-bond acceptors (Lipinski definition) is 2. The first kappa shape index (κ1) is 13.6. The number of hydrogen-bond donors (Lipinski definition) is 1. The molecule has 0 aromatic heterocycles. The van der Waals surface area contributed by atoms with Crippen molar-refractivity contribution in [2.45, 2.75) is 39.3 Å². The van der Waals surface area contributed by atoms with Crippen LogP contribution in [0.1, 0.15) is 37.4 Å². The highest BCUT2D eigenvalue weighted by Gasteiger charge is 2.13. The number of terminal acetylenes is 1. The van der Waals surface area contributed by atoms with Crippen LogP contribution in [0.2, 0.25) is 0 Å². The average Bonchev–Trinajstić information content (AvgIpc) is 2.28. The highest BCUT2D eigenvalue weighted by molar-refractivity contribution is 5.39. The molecule has 1 N–H and O–H groups in total. The summed E-state index contributed by atoms with van der Waals surface area (Å²) in [5, 5.41) is 3.47. The van der Waals surface area contributed by atoms with E-state index >= 15 is 0 Å². The predicted octanol–water partition coefficient (Wildman–Crippen LogP) is 3.07.